The molecule has 0 radical (unpaired) electrons. The molecule has 1 aromatic rings. The van der Waals surface area contributed by atoms with Crippen molar-refractivity contribution in [1.29, 1.82) is 0 Å². The zero-order chi connectivity index (χ0) is 10.6. The predicted molar refractivity (Wildman–Crippen MR) is 59.7 cm³/mol. The molecule has 0 saturated carbocycles. The van der Waals surface area contributed by atoms with Gasteiger partial charge in [-0.3, -0.25) is 0 Å². The lowest BCUT2D eigenvalue weighted by atomic mass is 10.2. The minimum absolute atomic E-state index is 0.107. The Morgan fingerprint density at radius 2 is 2.00 bits per heavy atom. The predicted octanol–water partition coefficient (Wildman–Crippen LogP) is 2.53. The van der Waals surface area contributed by atoms with Gasteiger partial charge in [-0.25, -0.2) is 0 Å². The normalized spacial score (nSPS) is 9.57. The maximum atomic E-state index is 9.04. The maximum Gasteiger partial charge on any atom is 0.0763 e. The van der Waals surface area contributed by atoms with E-state index in [1.54, 1.807) is 12.1 Å². The molecular weight excluding hydrogens is 221 g/mol. The molecular formula is C10H9Cl2NO. The van der Waals surface area contributed by atoms with Crippen molar-refractivity contribution in [3.8, 4) is 12.3 Å². The minimum atomic E-state index is -0.107. The number of hydrogen-bond acceptors (Lipinski definition) is 2. The molecule has 0 fully saturated rings. The first-order chi connectivity index (χ1) is 6.69. The number of anilines is 1. The summed E-state index contributed by atoms with van der Waals surface area (Å²) in [6.07, 6.45) is 5.10. The van der Waals surface area contributed by atoms with Crippen LogP contribution in [0.5, 0.6) is 0 Å². The monoisotopic (exact) mass is 229 g/mol. The van der Waals surface area contributed by atoms with Crippen molar-refractivity contribution >= 4 is 28.9 Å². The SMILES string of the molecule is C#CCNc1cc(Cl)c(Cl)cc1CO. The van der Waals surface area contributed by atoms with E-state index in [0.717, 1.165) is 0 Å². The highest BCUT2D eigenvalue weighted by Gasteiger charge is 2.05. The molecule has 0 atom stereocenters. The second kappa shape index (κ2) is 5.11. The summed E-state index contributed by atoms with van der Waals surface area (Å²) >= 11 is 11.6. The molecule has 4 heteroatoms. The van der Waals surface area contributed by atoms with Gasteiger partial charge in [0.1, 0.15) is 0 Å². The molecule has 0 bridgehead atoms. The third-order valence-corrected chi connectivity index (χ3v) is 2.42. The molecule has 1 aromatic carbocycles. The number of hydrogen-bond donors (Lipinski definition) is 2. The Morgan fingerprint density at radius 1 is 1.36 bits per heavy atom. The summed E-state index contributed by atoms with van der Waals surface area (Å²) in [5.41, 5.74) is 1.38. The van der Waals surface area contributed by atoms with Crippen LogP contribution in [0.15, 0.2) is 12.1 Å². The summed E-state index contributed by atoms with van der Waals surface area (Å²) < 4.78 is 0. The Labute approximate surface area is 92.8 Å². The van der Waals surface area contributed by atoms with Gasteiger partial charge in [-0.05, 0) is 12.1 Å². The minimum Gasteiger partial charge on any atom is -0.392 e. The second-order valence-electron chi connectivity index (χ2n) is 2.64. The van der Waals surface area contributed by atoms with Crippen LogP contribution in [0, 0.1) is 12.3 Å². The van der Waals surface area contributed by atoms with Gasteiger partial charge >= 0.3 is 0 Å². The van der Waals surface area contributed by atoms with Gasteiger partial charge in [0.15, 0.2) is 0 Å². The summed E-state index contributed by atoms with van der Waals surface area (Å²) in [5.74, 6) is 2.43. The van der Waals surface area contributed by atoms with Crippen LogP contribution in [0.3, 0.4) is 0 Å². The average Bonchev–Trinajstić information content (AvgIpc) is 2.19. The summed E-state index contributed by atoms with van der Waals surface area (Å²) in [5, 5.41) is 12.8. The van der Waals surface area contributed by atoms with Gasteiger partial charge in [0, 0.05) is 11.3 Å². The first-order valence-corrected chi connectivity index (χ1v) is 4.70. The highest BCUT2D eigenvalue weighted by atomic mass is 35.5. The molecule has 0 heterocycles. The standard InChI is InChI=1S/C10H9Cl2NO/c1-2-3-13-10-5-9(12)8(11)4-7(10)6-14/h1,4-5,13-14H,3,6H2. The van der Waals surface area contributed by atoms with Crippen molar-refractivity contribution in [2.75, 3.05) is 11.9 Å². The number of rotatable bonds is 3. The third kappa shape index (κ3) is 2.55. The summed E-state index contributed by atoms with van der Waals surface area (Å²) in [4.78, 5) is 0. The molecule has 74 valence electrons. The second-order valence-corrected chi connectivity index (χ2v) is 3.45. The van der Waals surface area contributed by atoms with E-state index in [-0.39, 0.29) is 6.61 Å². The zero-order valence-electron chi connectivity index (χ0n) is 7.35. The fourth-order valence-corrected chi connectivity index (χ4v) is 1.38. The molecule has 0 aliphatic heterocycles. The van der Waals surface area contributed by atoms with E-state index in [0.29, 0.717) is 27.8 Å². The van der Waals surface area contributed by atoms with Gasteiger partial charge in [0.05, 0.1) is 23.2 Å². The highest BCUT2D eigenvalue weighted by molar-refractivity contribution is 6.42. The molecule has 0 spiro atoms. The molecule has 2 N–H and O–H groups in total. The summed E-state index contributed by atoms with van der Waals surface area (Å²) in [6.45, 7) is 0.273. The van der Waals surface area contributed by atoms with Crippen LogP contribution < -0.4 is 5.32 Å². The molecule has 0 saturated heterocycles. The quantitative estimate of drug-likeness (QED) is 0.782. The van der Waals surface area contributed by atoms with Gasteiger partial charge in [-0.15, -0.1) is 6.42 Å². The van der Waals surface area contributed by atoms with E-state index in [2.05, 4.69) is 11.2 Å². The van der Waals surface area contributed by atoms with Gasteiger partial charge in [-0.2, -0.15) is 0 Å². The Kier molecular flexibility index (Phi) is 4.09. The molecule has 0 unspecified atom stereocenters. The topological polar surface area (TPSA) is 32.3 Å². The van der Waals surface area contributed by atoms with Crippen LogP contribution in [0.4, 0.5) is 5.69 Å². The lowest BCUT2D eigenvalue weighted by Crippen LogP contribution is -2.02. The fraction of sp³-hybridized carbons (Fsp3) is 0.200. The van der Waals surface area contributed by atoms with Crippen LogP contribution in [-0.2, 0) is 6.61 Å². The van der Waals surface area contributed by atoms with Gasteiger partial charge in [0.2, 0.25) is 0 Å². The number of nitrogens with one attached hydrogen (secondary N) is 1. The first kappa shape index (κ1) is 11.2. The Morgan fingerprint density at radius 3 is 2.57 bits per heavy atom. The maximum absolute atomic E-state index is 9.04. The smallest absolute Gasteiger partial charge is 0.0763 e. The van der Waals surface area contributed by atoms with Crippen molar-refractivity contribution in [2.45, 2.75) is 6.61 Å². The fourth-order valence-electron chi connectivity index (χ4n) is 1.03. The van der Waals surface area contributed by atoms with Gasteiger partial charge in [-0.1, -0.05) is 29.1 Å². The van der Waals surface area contributed by atoms with Crippen LogP contribution in [0.1, 0.15) is 5.56 Å². The summed E-state index contributed by atoms with van der Waals surface area (Å²) in [7, 11) is 0. The molecule has 0 aliphatic rings. The van der Waals surface area contributed by atoms with Crippen LogP contribution in [0.2, 0.25) is 10.0 Å². The van der Waals surface area contributed by atoms with E-state index < -0.39 is 0 Å². The number of aliphatic hydroxyl groups excluding tert-OH is 1. The van der Waals surface area contributed by atoms with E-state index in [9.17, 15) is 0 Å². The average molecular weight is 230 g/mol. The van der Waals surface area contributed by atoms with E-state index >= 15 is 0 Å². The van der Waals surface area contributed by atoms with Gasteiger partial charge < -0.3 is 10.4 Å². The van der Waals surface area contributed by atoms with Crippen molar-refractivity contribution in [2.24, 2.45) is 0 Å². The number of benzene rings is 1. The Bertz CT molecular complexity index is 371. The number of aliphatic hydroxyl groups is 1. The van der Waals surface area contributed by atoms with Gasteiger partial charge in [0.25, 0.3) is 0 Å². The molecule has 2 nitrogen and oxygen atoms in total. The molecule has 1 rings (SSSR count). The van der Waals surface area contributed by atoms with Crippen LogP contribution >= 0.6 is 23.2 Å². The third-order valence-electron chi connectivity index (χ3n) is 1.70. The van der Waals surface area contributed by atoms with E-state index in [4.69, 9.17) is 34.7 Å². The lowest BCUT2D eigenvalue weighted by Gasteiger charge is -2.09. The van der Waals surface area contributed by atoms with Crippen molar-refractivity contribution < 1.29 is 5.11 Å². The largest absolute Gasteiger partial charge is 0.392 e. The Hall–Kier alpha value is -0.880. The number of halogens is 2. The van der Waals surface area contributed by atoms with E-state index in [1.807, 2.05) is 0 Å². The van der Waals surface area contributed by atoms with Crippen molar-refractivity contribution in [1.82, 2.24) is 0 Å². The van der Waals surface area contributed by atoms with E-state index in [1.165, 1.54) is 0 Å². The number of terminal acetylenes is 1. The van der Waals surface area contributed by atoms with Crippen LogP contribution in [0.25, 0.3) is 0 Å². The summed E-state index contributed by atoms with van der Waals surface area (Å²) in [6, 6.07) is 3.26. The molecule has 0 aromatic heterocycles. The molecule has 0 aliphatic carbocycles. The molecule has 14 heavy (non-hydrogen) atoms. The first-order valence-electron chi connectivity index (χ1n) is 3.95. The molecule has 0 amide bonds. The van der Waals surface area contributed by atoms with Crippen molar-refractivity contribution in [3.05, 3.63) is 27.7 Å². The Balaban J connectivity index is 3.02. The lowest BCUT2D eigenvalue weighted by molar-refractivity contribution is 0.282. The highest BCUT2D eigenvalue weighted by Crippen LogP contribution is 2.28. The van der Waals surface area contributed by atoms with Crippen LogP contribution in [-0.4, -0.2) is 11.7 Å². The zero-order valence-corrected chi connectivity index (χ0v) is 8.86. The van der Waals surface area contributed by atoms with Crippen molar-refractivity contribution in [3.63, 3.8) is 0 Å².